The van der Waals surface area contributed by atoms with E-state index in [1.165, 1.54) is 37.9 Å². The molecule has 1 aliphatic heterocycles. The molecule has 0 radical (unpaired) electrons. The van der Waals surface area contributed by atoms with E-state index in [-0.39, 0.29) is 0 Å². The predicted octanol–water partition coefficient (Wildman–Crippen LogP) is 3.68. The van der Waals surface area contributed by atoms with Crippen LogP contribution in [0.25, 0.3) is 0 Å². The number of nitrogens with two attached hydrogens (primary N) is 1. The normalized spacial score (nSPS) is 18.4. The summed E-state index contributed by atoms with van der Waals surface area (Å²) in [7, 11) is 0. The maximum Gasteiger partial charge on any atom is 0.123 e. The van der Waals surface area contributed by atoms with Gasteiger partial charge in [-0.05, 0) is 56.3 Å². The van der Waals surface area contributed by atoms with Crippen molar-refractivity contribution in [3.63, 3.8) is 0 Å². The van der Waals surface area contributed by atoms with Crippen LogP contribution in [-0.2, 0) is 6.54 Å². The number of nitrogen functional groups attached to an aromatic ring is 1. The monoisotopic (exact) mass is 276 g/mol. The Bertz CT molecular complexity index is 441. The van der Waals surface area contributed by atoms with Gasteiger partial charge in [0.15, 0.2) is 0 Å². The van der Waals surface area contributed by atoms with Gasteiger partial charge in [-0.25, -0.2) is 0 Å². The molecule has 3 nitrogen and oxygen atoms in total. The minimum Gasteiger partial charge on any atom is -0.494 e. The number of likely N-dealkylation sites (tertiary alicyclic amines) is 1. The summed E-state index contributed by atoms with van der Waals surface area (Å²) in [6.07, 6.45) is 3.86. The van der Waals surface area contributed by atoms with Gasteiger partial charge in [0.05, 0.1) is 6.61 Å². The number of rotatable bonds is 6. The van der Waals surface area contributed by atoms with Gasteiger partial charge in [-0.3, -0.25) is 4.90 Å². The number of ether oxygens (including phenoxy) is 1. The molecule has 1 heterocycles. The Kier molecular flexibility index (Phi) is 4.92. The van der Waals surface area contributed by atoms with Crippen molar-refractivity contribution >= 4 is 5.69 Å². The third kappa shape index (κ3) is 3.26. The Morgan fingerprint density at radius 1 is 1.25 bits per heavy atom. The average molecular weight is 276 g/mol. The summed E-state index contributed by atoms with van der Waals surface area (Å²) in [4.78, 5) is 2.55. The lowest BCUT2D eigenvalue weighted by atomic mass is 9.82. The molecule has 1 aromatic carbocycles. The summed E-state index contributed by atoms with van der Waals surface area (Å²) in [5.74, 6) is 0.979. The molecule has 3 heteroatoms. The van der Waals surface area contributed by atoms with Gasteiger partial charge < -0.3 is 10.5 Å². The van der Waals surface area contributed by atoms with Crippen molar-refractivity contribution in [3.8, 4) is 5.75 Å². The molecule has 0 bridgehead atoms. The van der Waals surface area contributed by atoms with Gasteiger partial charge in [0.2, 0.25) is 0 Å². The second-order valence-corrected chi connectivity index (χ2v) is 5.97. The first kappa shape index (κ1) is 15.2. The molecule has 0 amide bonds. The number of hydrogen-bond donors (Lipinski definition) is 1. The molecule has 0 unspecified atom stereocenters. The summed E-state index contributed by atoms with van der Waals surface area (Å²) in [6.45, 7) is 10.7. The minimum atomic E-state index is 0.520. The molecule has 1 fully saturated rings. The highest BCUT2D eigenvalue weighted by Gasteiger charge is 2.34. The van der Waals surface area contributed by atoms with Crippen molar-refractivity contribution in [2.24, 2.45) is 5.41 Å². The Balaban J connectivity index is 2.09. The van der Waals surface area contributed by atoms with Gasteiger partial charge in [-0.1, -0.05) is 13.8 Å². The van der Waals surface area contributed by atoms with Crippen LogP contribution in [0.1, 0.15) is 45.6 Å². The molecular weight excluding hydrogens is 248 g/mol. The molecule has 112 valence electrons. The molecule has 0 saturated carbocycles. The van der Waals surface area contributed by atoms with E-state index in [1.54, 1.807) is 0 Å². The highest BCUT2D eigenvalue weighted by molar-refractivity contribution is 5.47. The molecule has 2 rings (SSSR count). The van der Waals surface area contributed by atoms with Gasteiger partial charge in [-0.2, -0.15) is 0 Å². The fraction of sp³-hybridized carbons (Fsp3) is 0.647. The van der Waals surface area contributed by atoms with E-state index in [0.717, 1.165) is 18.0 Å². The van der Waals surface area contributed by atoms with Crippen molar-refractivity contribution in [2.45, 2.75) is 46.6 Å². The Morgan fingerprint density at radius 2 is 2.00 bits per heavy atom. The smallest absolute Gasteiger partial charge is 0.123 e. The lowest BCUT2D eigenvalue weighted by molar-refractivity contribution is 0.233. The molecule has 0 spiro atoms. The van der Waals surface area contributed by atoms with Gasteiger partial charge >= 0.3 is 0 Å². The van der Waals surface area contributed by atoms with Crippen LogP contribution in [0, 0.1) is 5.41 Å². The topological polar surface area (TPSA) is 38.5 Å². The van der Waals surface area contributed by atoms with Crippen molar-refractivity contribution in [2.75, 3.05) is 25.4 Å². The fourth-order valence-corrected chi connectivity index (χ4v) is 3.25. The zero-order valence-electron chi connectivity index (χ0n) is 13.1. The van der Waals surface area contributed by atoms with Crippen LogP contribution in [0.3, 0.4) is 0 Å². The summed E-state index contributed by atoms with van der Waals surface area (Å²) in [5, 5.41) is 0. The maximum absolute atomic E-state index is 5.93. The Hall–Kier alpha value is -1.22. The van der Waals surface area contributed by atoms with E-state index in [0.29, 0.717) is 12.0 Å². The number of anilines is 1. The van der Waals surface area contributed by atoms with Crippen LogP contribution >= 0.6 is 0 Å². The van der Waals surface area contributed by atoms with Crippen LogP contribution in [0.5, 0.6) is 5.75 Å². The highest BCUT2D eigenvalue weighted by atomic mass is 16.5. The molecule has 1 aliphatic rings. The van der Waals surface area contributed by atoms with E-state index in [4.69, 9.17) is 10.5 Å². The van der Waals surface area contributed by atoms with Crippen LogP contribution in [0.2, 0.25) is 0 Å². The van der Waals surface area contributed by atoms with Gasteiger partial charge in [0, 0.05) is 24.3 Å². The van der Waals surface area contributed by atoms with Crippen LogP contribution < -0.4 is 10.5 Å². The molecule has 2 N–H and O–H groups in total. The number of benzene rings is 1. The van der Waals surface area contributed by atoms with Crippen molar-refractivity contribution in [1.29, 1.82) is 0 Å². The zero-order valence-corrected chi connectivity index (χ0v) is 13.1. The third-order valence-corrected chi connectivity index (χ3v) is 4.80. The molecule has 20 heavy (non-hydrogen) atoms. The van der Waals surface area contributed by atoms with E-state index >= 15 is 0 Å². The first-order valence-corrected chi connectivity index (χ1v) is 7.86. The summed E-state index contributed by atoms with van der Waals surface area (Å²) >= 11 is 0. The first-order valence-electron chi connectivity index (χ1n) is 7.86. The molecule has 0 aliphatic carbocycles. The van der Waals surface area contributed by atoms with Crippen LogP contribution in [0.4, 0.5) is 5.69 Å². The van der Waals surface area contributed by atoms with E-state index in [1.807, 2.05) is 19.1 Å². The van der Waals surface area contributed by atoms with Crippen LogP contribution in [0.15, 0.2) is 18.2 Å². The Labute approximate surface area is 123 Å². The SMILES string of the molecule is CCOc1ccc(N)cc1CN1CCC(CC)(CC)C1. The van der Waals surface area contributed by atoms with Gasteiger partial charge in [0.25, 0.3) is 0 Å². The summed E-state index contributed by atoms with van der Waals surface area (Å²) < 4.78 is 5.72. The maximum atomic E-state index is 5.93. The minimum absolute atomic E-state index is 0.520. The lowest BCUT2D eigenvalue weighted by Crippen LogP contribution is -2.26. The summed E-state index contributed by atoms with van der Waals surface area (Å²) in [5.41, 5.74) is 8.49. The van der Waals surface area contributed by atoms with E-state index in [2.05, 4.69) is 24.8 Å². The quantitative estimate of drug-likeness (QED) is 0.806. The molecule has 0 atom stereocenters. The molecular formula is C17H28N2O. The number of hydrogen-bond acceptors (Lipinski definition) is 3. The van der Waals surface area contributed by atoms with Crippen molar-refractivity contribution in [1.82, 2.24) is 4.90 Å². The third-order valence-electron chi connectivity index (χ3n) is 4.80. The Morgan fingerprint density at radius 3 is 2.60 bits per heavy atom. The first-order chi connectivity index (χ1) is 9.62. The van der Waals surface area contributed by atoms with Crippen LogP contribution in [-0.4, -0.2) is 24.6 Å². The largest absolute Gasteiger partial charge is 0.494 e. The summed E-state index contributed by atoms with van der Waals surface area (Å²) in [6, 6.07) is 5.97. The molecule has 0 aromatic heterocycles. The van der Waals surface area contributed by atoms with E-state index in [9.17, 15) is 0 Å². The fourth-order valence-electron chi connectivity index (χ4n) is 3.25. The standard InChI is InChI=1S/C17H28N2O/c1-4-17(5-2)9-10-19(13-17)12-14-11-15(18)7-8-16(14)20-6-3/h7-8,11H,4-6,9-10,12-13,18H2,1-3H3. The second kappa shape index (κ2) is 6.49. The average Bonchev–Trinajstić information content (AvgIpc) is 2.86. The number of nitrogens with zero attached hydrogens (tertiary/aromatic N) is 1. The molecule has 1 aromatic rings. The predicted molar refractivity (Wildman–Crippen MR) is 84.9 cm³/mol. The van der Waals surface area contributed by atoms with Crippen molar-refractivity contribution < 1.29 is 4.74 Å². The zero-order chi connectivity index (χ0) is 14.6. The second-order valence-electron chi connectivity index (χ2n) is 5.97. The highest BCUT2D eigenvalue weighted by Crippen LogP contribution is 2.38. The lowest BCUT2D eigenvalue weighted by Gasteiger charge is -2.26. The van der Waals surface area contributed by atoms with Gasteiger partial charge in [-0.15, -0.1) is 0 Å². The van der Waals surface area contributed by atoms with Gasteiger partial charge in [0.1, 0.15) is 5.75 Å². The molecule has 1 saturated heterocycles. The van der Waals surface area contributed by atoms with Crippen molar-refractivity contribution in [3.05, 3.63) is 23.8 Å². The van der Waals surface area contributed by atoms with E-state index < -0.39 is 0 Å².